The van der Waals surface area contributed by atoms with E-state index in [0.29, 0.717) is 13.1 Å². The van der Waals surface area contributed by atoms with Crippen molar-refractivity contribution in [1.82, 2.24) is 14.9 Å². The summed E-state index contributed by atoms with van der Waals surface area (Å²) in [5.41, 5.74) is 2.92. The van der Waals surface area contributed by atoms with E-state index in [1.165, 1.54) is 0 Å². The molecule has 1 aliphatic rings. The largest absolute Gasteiger partial charge is 0.356 e. The van der Waals surface area contributed by atoms with Crippen molar-refractivity contribution < 1.29 is 9.59 Å². The van der Waals surface area contributed by atoms with Crippen LogP contribution in [0.2, 0.25) is 0 Å². The number of nitrogens with zero attached hydrogens (tertiary/aromatic N) is 3. The predicted octanol–water partition coefficient (Wildman–Crippen LogP) is 3.67. The van der Waals surface area contributed by atoms with Crippen molar-refractivity contribution >= 4 is 44.5 Å². The number of aromatic nitrogens is 2. The SMILES string of the molecule is Cc1nc2ccccc2n1CCCNC(=O)C1CC(=O)N(c2ccccc2Br)C1. The van der Waals surface area contributed by atoms with Crippen LogP contribution in [0.4, 0.5) is 5.69 Å². The standard InChI is InChI=1S/C22H23BrN4O2/c1-15-25-18-8-3-5-10-20(18)26(15)12-6-11-24-22(29)16-13-21(28)27(14-16)19-9-4-2-7-17(19)23/h2-5,7-10,16H,6,11-14H2,1H3,(H,24,29). The fourth-order valence-corrected chi connectivity index (χ4v) is 4.36. The molecule has 0 radical (unpaired) electrons. The Labute approximate surface area is 178 Å². The number of halogens is 1. The molecule has 7 heteroatoms. The van der Waals surface area contributed by atoms with Crippen LogP contribution < -0.4 is 10.2 Å². The summed E-state index contributed by atoms with van der Waals surface area (Å²) in [6, 6.07) is 15.7. The first-order valence-corrected chi connectivity index (χ1v) is 10.6. The first-order chi connectivity index (χ1) is 14.0. The van der Waals surface area contributed by atoms with Crippen LogP contribution in [0.3, 0.4) is 0 Å². The topological polar surface area (TPSA) is 67.2 Å². The number of rotatable bonds is 6. The quantitative estimate of drug-likeness (QED) is 0.577. The number of nitrogens with one attached hydrogen (secondary N) is 1. The highest BCUT2D eigenvalue weighted by atomic mass is 79.9. The normalized spacial score (nSPS) is 16.6. The highest BCUT2D eigenvalue weighted by Gasteiger charge is 2.35. The van der Waals surface area contributed by atoms with Gasteiger partial charge in [0.1, 0.15) is 5.82 Å². The number of anilines is 1. The zero-order valence-electron chi connectivity index (χ0n) is 16.3. The molecule has 4 rings (SSSR count). The Morgan fingerprint density at radius 3 is 2.79 bits per heavy atom. The Kier molecular flexibility index (Phi) is 5.67. The molecule has 2 amide bonds. The third-order valence-corrected chi connectivity index (χ3v) is 6.01. The Bertz CT molecular complexity index is 1060. The van der Waals surface area contributed by atoms with Gasteiger partial charge >= 0.3 is 0 Å². The van der Waals surface area contributed by atoms with Gasteiger partial charge in [-0.15, -0.1) is 0 Å². The van der Waals surface area contributed by atoms with Crippen molar-refractivity contribution in [1.29, 1.82) is 0 Å². The van der Waals surface area contributed by atoms with Gasteiger partial charge in [0.15, 0.2) is 0 Å². The predicted molar refractivity (Wildman–Crippen MR) is 117 cm³/mol. The van der Waals surface area contributed by atoms with Gasteiger partial charge in [0, 0.05) is 30.5 Å². The maximum absolute atomic E-state index is 12.6. The lowest BCUT2D eigenvalue weighted by Gasteiger charge is -2.18. The van der Waals surface area contributed by atoms with Gasteiger partial charge in [-0.3, -0.25) is 9.59 Å². The summed E-state index contributed by atoms with van der Waals surface area (Å²) in [6.07, 6.45) is 1.06. The van der Waals surface area contributed by atoms with E-state index in [9.17, 15) is 9.59 Å². The van der Waals surface area contributed by atoms with Crippen molar-refractivity contribution in [2.24, 2.45) is 5.92 Å². The molecule has 0 saturated carbocycles. The molecule has 29 heavy (non-hydrogen) atoms. The summed E-state index contributed by atoms with van der Waals surface area (Å²) >= 11 is 3.48. The molecule has 1 unspecified atom stereocenters. The van der Waals surface area contributed by atoms with Crippen molar-refractivity contribution in [3.8, 4) is 0 Å². The minimum absolute atomic E-state index is 0.0161. The lowest BCUT2D eigenvalue weighted by Crippen LogP contribution is -2.34. The number of carbonyl (C=O) groups is 2. The zero-order valence-corrected chi connectivity index (χ0v) is 17.9. The second-order valence-corrected chi connectivity index (χ2v) is 8.16. The molecule has 1 N–H and O–H groups in total. The summed E-state index contributed by atoms with van der Waals surface area (Å²) in [5, 5.41) is 3.00. The summed E-state index contributed by atoms with van der Waals surface area (Å²) in [4.78, 5) is 31.2. The van der Waals surface area contributed by atoms with Crippen LogP contribution in [0.1, 0.15) is 18.7 Å². The number of amides is 2. The molecular formula is C22H23BrN4O2. The van der Waals surface area contributed by atoms with Crippen LogP contribution in [0.5, 0.6) is 0 Å². The lowest BCUT2D eigenvalue weighted by atomic mass is 10.1. The van der Waals surface area contributed by atoms with Gasteiger partial charge < -0.3 is 14.8 Å². The molecule has 0 aliphatic carbocycles. The van der Waals surface area contributed by atoms with Crippen LogP contribution in [0, 0.1) is 12.8 Å². The van der Waals surface area contributed by atoms with E-state index in [1.54, 1.807) is 4.90 Å². The fourth-order valence-electron chi connectivity index (χ4n) is 3.86. The monoisotopic (exact) mass is 454 g/mol. The van der Waals surface area contributed by atoms with Gasteiger partial charge in [0.25, 0.3) is 0 Å². The van der Waals surface area contributed by atoms with E-state index in [1.807, 2.05) is 49.4 Å². The molecule has 2 aromatic carbocycles. The average Bonchev–Trinajstić information content (AvgIpc) is 3.25. The summed E-state index contributed by atoms with van der Waals surface area (Å²) in [5.74, 6) is 0.589. The Morgan fingerprint density at radius 1 is 1.21 bits per heavy atom. The molecule has 2 heterocycles. The van der Waals surface area contributed by atoms with Gasteiger partial charge in [0.05, 0.1) is 22.6 Å². The highest BCUT2D eigenvalue weighted by molar-refractivity contribution is 9.10. The second kappa shape index (κ2) is 8.37. The van der Waals surface area contributed by atoms with Crippen molar-refractivity contribution in [2.45, 2.75) is 26.3 Å². The van der Waals surface area contributed by atoms with Crippen LogP contribution >= 0.6 is 15.9 Å². The van der Waals surface area contributed by atoms with Crippen LogP contribution in [-0.4, -0.2) is 34.5 Å². The molecule has 1 aromatic heterocycles. The van der Waals surface area contributed by atoms with E-state index in [2.05, 4.69) is 36.9 Å². The van der Waals surface area contributed by atoms with Crippen molar-refractivity contribution in [3.63, 3.8) is 0 Å². The second-order valence-electron chi connectivity index (χ2n) is 7.30. The van der Waals surface area contributed by atoms with Gasteiger partial charge in [-0.05, 0) is 53.5 Å². The maximum Gasteiger partial charge on any atom is 0.227 e. The third-order valence-electron chi connectivity index (χ3n) is 5.34. The Hall–Kier alpha value is -2.67. The number of fused-ring (bicyclic) bond motifs is 1. The molecule has 0 bridgehead atoms. The van der Waals surface area contributed by atoms with Crippen molar-refractivity contribution in [2.75, 3.05) is 18.0 Å². The Morgan fingerprint density at radius 2 is 1.97 bits per heavy atom. The molecule has 6 nitrogen and oxygen atoms in total. The molecule has 150 valence electrons. The Balaban J connectivity index is 1.31. The van der Waals surface area contributed by atoms with Crippen LogP contribution in [-0.2, 0) is 16.1 Å². The molecule has 0 spiro atoms. The average molecular weight is 455 g/mol. The first-order valence-electron chi connectivity index (χ1n) is 9.79. The minimum Gasteiger partial charge on any atom is -0.356 e. The number of para-hydroxylation sites is 3. The molecule has 1 atom stereocenters. The van der Waals surface area contributed by atoms with Crippen LogP contribution in [0.15, 0.2) is 53.0 Å². The number of hydrogen-bond donors (Lipinski definition) is 1. The fraction of sp³-hybridized carbons (Fsp3) is 0.318. The zero-order chi connectivity index (χ0) is 20.4. The number of carbonyl (C=O) groups excluding carboxylic acids is 2. The third kappa shape index (κ3) is 4.05. The van der Waals surface area contributed by atoms with E-state index in [4.69, 9.17) is 0 Å². The van der Waals surface area contributed by atoms with Crippen molar-refractivity contribution in [3.05, 3.63) is 58.8 Å². The molecule has 1 aliphatic heterocycles. The maximum atomic E-state index is 12.6. The lowest BCUT2D eigenvalue weighted by molar-refractivity contribution is -0.126. The molecular weight excluding hydrogens is 432 g/mol. The van der Waals surface area contributed by atoms with Gasteiger partial charge in [-0.2, -0.15) is 0 Å². The summed E-state index contributed by atoms with van der Waals surface area (Å²) < 4.78 is 3.03. The minimum atomic E-state index is -0.314. The smallest absolute Gasteiger partial charge is 0.227 e. The molecule has 1 fully saturated rings. The first kappa shape index (κ1) is 19.6. The molecule has 1 saturated heterocycles. The number of benzene rings is 2. The van der Waals surface area contributed by atoms with Gasteiger partial charge in [0.2, 0.25) is 11.8 Å². The number of hydrogen-bond acceptors (Lipinski definition) is 3. The van der Waals surface area contributed by atoms with E-state index < -0.39 is 0 Å². The van der Waals surface area contributed by atoms with Crippen LogP contribution in [0.25, 0.3) is 11.0 Å². The summed E-state index contributed by atoms with van der Waals surface area (Å²) in [6.45, 7) is 3.78. The molecule has 3 aromatic rings. The number of imidazole rings is 1. The summed E-state index contributed by atoms with van der Waals surface area (Å²) in [7, 11) is 0. The van der Waals surface area contributed by atoms with E-state index in [-0.39, 0.29) is 24.2 Å². The van der Waals surface area contributed by atoms with E-state index in [0.717, 1.165) is 40.0 Å². The van der Waals surface area contributed by atoms with E-state index >= 15 is 0 Å². The van der Waals surface area contributed by atoms with Gasteiger partial charge in [-0.1, -0.05) is 24.3 Å². The van der Waals surface area contributed by atoms with Gasteiger partial charge in [-0.25, -0.2) is 4.98 Å². The highest BCUT2D eigenvalue weighted by Crippen LogP contribution is 2.31. The number of aryl methyl sites for hydroxylation is 2.